The number of hydrogen-bond donors (Lipinski definition) is 2. The average Bonchev–Trinajstić information content (AvgIpc) is 3.12. The van der Waals surface area contributed by atoms with Crippen molar-refractivity contribution >= 4 is 84.6 Å². The van der Waals surface area contributed by atoms with E-state index in [-0.39, 0.29) is 8.42 Å². The molecule has 0 saturated carbocycles. The van der Waals surface area contributed by atoms with E-state index in [0.29, 0.717) is 41.7 Å². The Labute approximate surface area is 155 Å². The van der Waals surface area contributed by atoms with Gasteiger partial charge in [0.1, 0.15) is 0 Å². The molecule has 10 heteroatoms. The lowest BCUT2D eigenvalue weighted by molar-refractivity contribution is 0.484. The summed E-state index contributed by atoms with van der Waals surface area (Å²) < 4.78 is 68.1. The number of fused-ring (bicyclic) bond motifs is 2. The van der Waals surface area contributed by atoms with E-state index in [1.807, 2.05) is 0 Å². The topological polar surface area (TPSA) is 109 Å². The first kappa shape index (κ1) is 16.4. The molecular formula is C16H8O6S4. The van der Waals surface area contributed by atoms with Crippen LogP contribution in [0.5, 0.6) is 0 Å². The molecule has 2 aromatic heterocycles. The van der Waals surface area contributed by atoms with Crippen molar-refractivity contribution < 1.29 is 25.9 Å². The van der Waals surface area contributed by atoms with Gasteiger partial charge in [-0.2, -0.15) is 16.8 Å². The van der Waals surface area contributed by atoms with Crippen molar-refractivity contribution in [3.8, 4) is 0 Å². The van der Waals surface area contributed by atoms with E-state index in [9.17, 15) is 25.9 Å². The predicted octanol–water partition coefficient (Wildman–Crippen LogP) is 4.35. The van der Waals surface area contributed by atoms with Crippen molar-refractivity contribution in [3.63, 3.8) is 0 Å². The van der Waals surface area contributed by atoms with Gasteiger partial charge >= 0.3 is 20.2 Å². The average molecular weight is 425 g/mol. The number of rotatable bonds is 2. The van der Waals surface area contributed by atoms with Crippen LogP contribution < -0.4 is 0 Å². The van der Waals surface area contributed by atoms with E-state index in [0.717, 1.165) is 22.7 Å². The van der Waals surface area contributed by atoms with Crippen molar-refractivity contribution in [1.29, 1.82) is 0 Å². The highest BCUT2D eigenvalue weighted by atomic mass is 32.3. The van der Waals surface area contributed by atoms with Gasteiger partial charge in [0.2, 0.25) is 0 Å². The van der Waals surface area contributed by atoms with Gasteiger partial charge in [0.15, 0.2) is 8.42 Å². The molecule has 6 nitrogen and oxygen atoms in total. The standard InChI is InChI=1S/C16H8O6S4/c17-25(18,19)15-13-7-3-1-5-9-11(7)14(16(23-9)26(20,21)22)8-4-2-6-10(24-15)12(8)13/h1-6H,(H,17,18,19)(H,20,21,22). The van der Waals surface area contributed by atoms with Crippen LogP contribution in [0.25, 0.3) is 41.7 Å². The Hall–Kier alpha value is -1.82. The molecule has 0 atom stereocenters. The van der Waals surface area contributed by atoms with Gasteiger partial charge in [0.25, 0.3) is 0 Å². The lowest BCUT2D eigenvalue weighted by Gasteiger charge is -2.07. The van der Waals surface area contributed by atoms with E-state index in [4.69, 9.17) is 0 Å². The molecule has 0 unspecified atom stereocenters. The quantitative estimate of drug-likeness (QED) is 0.322. The summed E-state index contributed by atoms with van der Waals surface area (Å²) >= 11 is 1.87. The summed E-state index contributed by atoms with van der Waals surface area (Å²) in [4.78, 5) is 0. The molecule has 2 N–H and O–H groups in total. The smallest absolute Gasteiger partial charge is 0.281 e. The number of thiophene rings is 2. The lowest BCUT2D eigenvalue weighted by Crippen LogP contribution is -1.97. The van der Waals surface area contributed by atoms with Crippen LogP contribution in [-0.4, -0.2) is 25.9 Å². The first-order valence-electron chi connectivity index (χ1n) is 7.24. The third kappa shape index (κ3) is 2.02. The Morgan fingerprint density at radius 3 is 1.35 bits per heavy atom. The van der Waals surface area contributed by atoms with Crippen molar-refractivity contribution in [1.82, 2.24) is 0 Å². The minimum Gasteiger partial charge on any atom is -0.281 e. The maximum Gasteiger partial charge on any atom is 0.304 e. The lowest BCUT2D eigenvalue weighted by atomic mass is 9.97. The molecule has 0 spiro atoms. The molecule has 26 heavy (non-hydrogen) atoms. The first-order chi connectivity index (χ1) is 12.2. The summed E-state index contributed by atoms with van der Waals surface area (Å²) in [6, 6.07) is 10.2. The Morgan fingerprint density at radius 2 is 1.00 bits per heavy atom. The van der Waals surface area contributed by atoms with Crippen molar-refractivity contribution in [2.24, 2.45) is 0 Å². The van der Waals surface area contributed by atoms with E-state index in [1.54, 1.807) is 36.4 Å². The molecule has 2 heterocycles. The van der Waals surface area contributed by atoms with Crippen LogP contribution in [0, 0.1) is 0 Å². The zero-order valence-corrected chi connectivity index (χ0v) is 15.9. The first-order valence-corrected chi connectivity index (χ1v) is 11.8. The van der Waals surface area contributed by atoms with Gasteiger partial charge in [-0.25, -0.2) is 0 Å². The summed E-state index contributed by atoms with van der Waals surface area (Å²) in [6.07, 6.45) is 0. The highest BCUT2D eigenvalue weighted by Crippen LogP contribution is 2.50. The Kier molecular flexibility index (Phi) is 3.09. The molecule has 0 bridgehead atoms. The fourth-order valence-corrected chi connectivity index (χ4v) is 7.79. The van der Waals surface area contributed by atoms with Crippen LogP contribution in [0.2, 0.25) is 0 Å². The molecule has 5 rings (SSSR count). The van der Waals surface area contributed by atoms with Crippen molar-refractivity contribution in [2.75, 3.05) is 0 Å². The summed E-state index contributed by atoms with van der Waals surface area (Å²) in [6.45, 7) is 0. The number of benzene rings is 3. The fourth-order valence-electron chi connectivity index (χ4n) is 3.52. The van der Waals surface area contributed by atoms with Crippen LogP contribution in [-0.2, 0) is 20.2 Å². The van der Waals surface area contributed by atoms with Crippen LogP contribution >= 0.6 is 22.7 Å². The zero-order chi connectivity index (χ0) is 18.4. The molecule has 5 aromatic rings. The van der Waals surface area contributed by atoms with Gasteiger partial charge in [0.05, 0.1) is 0 Å². The van der Waals surface area contributed by atoms with Gasteiger partial charge in [-0.05, 0) is 22.9 Å². The summed E-state index contributed by atoms with van der Waals surface area (Å²) in [5.74, 6) is 0. The molecular weight excluding hydrogens is 416 g/mol. The van der Waals surface area contributed by atoms with Crippen LogP contribution in [0.4, 0.5) is 0 Å². The van der Waals surface area contributed by atoms with Crippen LogP contribution in [0.3, 0.4) is 0 Å². The molecule has 0 radical (unpaired) electrons. The molecule has 0 aliphatic rings. The molecule has 132 valence electrons. The molecule has 0 saturated heterocycles. The summed E-state index contributed by atoms with van der Waals surface area (Å²) in [5, 5.41) is 2.94. The maximum absolute atomic E-state index is 11.9. The predicted molar refractivity (Wildman–Crippen MR) is 103 cm³/mol. The summed E-state index contributed by atoms with van der Waals surface area (Å²) in [5.41, 5.74) is 0. The zero-order valence-electron chi connectivity index (χ0n) is 12.6. The Balaban J connectivity index is 2.26. The minimum absolute atomic E-state index is 0.169. The van der Waals surface area contributed by atoms with Crippen molar-refractivity contribution in [3.05, 3.63) is 36.4 Å². The fraction of sp³-hybridized carbons (Fsp3) is 0. The largest absolute Gasteiger partial charge is 0.304 e. The van der Waals surface area contributed by atoms with Gasteiger partial charge in [-0.3, -0.25) is 9.11 Å². The third-order valence-electron chi connectivity index (χ3n) is 4.37. The van der Waals surface area contributed by atoms with Crippen LogP contribution in [0.1, 0.15) is 0 Å². The Bertz CT molecular complexity index is 1450. The maximum atomic E-state index is 11.9. The normalized spacial score (nSPS) is 13.6. The molecule has 0 aliphatic carbocycles. The van der Waals surface area contributed by atoms with E-state index in [1.165, 1.54) is 0 Å². The van der Waals surface area contributed by atoms with Crippen molar-refractivity contribution in [2.45, 2.75) is 8.42 Å². The summed E-state index contributed by atoms with van der Waals surface area (Å²) in [7, 11) is -8.91. The van der Waals surface area contributed by atoms with E-state index < -0.39 is 20.2 Å². The van der Waals surface area contributed by atoms with E-state index >= 15 is 0 Å². The second-order valence-corrected chi connectivity index (χ2v) is 11.2. The second kappa shape index (κ2) is 4.91. The molecule has 0 fully saturated rings. The number of hydrogen-bond acceptors (Lipinski definition) is 6. The molecule has 0 aliphatic heterocycles. The third-order valence-corrected chi connectivity index (χ3v) is 9.38. The highest BCUT2D eigenvalue weighted by molar-refractivity contribution is 7.89. The van der Waals surface area contributed by atoms with Gasteiger partial charge in [-0.15, -0.1) is 22.7 Å². The van der Waals surface area contributed by atoms with E-state index in [2.05, 4.69) is 0 Å². The van der Waals surface area contributed by atoms with Gasteiger partial charge < -0.3 is 0 Å². The molecule has 3 aromatic carbocycles. The highest BCUT2D eigenvalue weighted by Gasteiger charge is 2.28. The monoisotopic (exact) mass is 424 g/mol. The SMILES string of the molecule is O=S(=O)(O)c1sc2cccc3c4c(S(=O)(=O)O)sc5cccc(c1c23)c54. The molecule has 0 amide bonds. The van der Waals surface area contributed by atoms with Crippen LogP contribution in [0.15, 0.2) is 44.8 Å². The van der Waals surface area contributed by atoms with Gasteiger partial charge in [0, 0.05) is 30.9 Å². The van der Waals surface area contributed by atoms with Gasteiger partial charge in [-0.1, -0.05) is 24.3 Å². The Morgan fingerprint density at radius 1 is 0.615 bits per heavy atom. The minimum atomic E-state index is -4.46. The second-order valence-electron chi connectivity index (χ2n) is 5.84.